The van der Waals surface area contributed by atoms with E-state index in [1.165, 1.54) is 16.0 Å². The molecule has 7 aromatic rings. The lowest BCUT2D eigenvalue weighted by molar-refractivity contribution is 0.655. The quantitative estimate of drug-likeness (QED) is 0.187. The first-order chi connectivity index (χ1) is 18.3. The minimum absolute atomic E-state index is 0.642. The van der Waals surface area contributed by atoms with Crippen LogP contribution in [0.3, 0.4) is 0 Å². The lowest BCUT2D eigenvalue weighted by Gasteiger charge is -2.08. The predicted molar refractivity (Wildman–Crippen MR) is 161 cm³/mol. The summed E-state index contributed by atoms with van der Waals surface area (Å²) in [6.45, 7) is 0. The molecule has 0 amide bonds. The molecule has 0 atom stereocenters. The molecule has 176 valence electrons. The van der Waals surface area contributed by atoms with Crippen molar-refractivity contribution in [2.45, 2.75) is 4.90 Å². The van der Waals surface area contributed by atoms with Gasteiger partial charge in [-0.25, -0.2) is 4.98 Å². The third kappa shape index (κ3) is 4.06. The standard InChI is InChI=1S/C31H18IN3OS/c32-37-24-11-8-19(9-12-24)20-6-7-21-15-23(18-35-29(21)16-20)22-10-13-28(34-17-22)27-4-1-3-25-26-5-2-14-33-31(26)36-30(25)27/h1-18H. The van der Waals surface area contributed by atoms with Gasteiger partial charge in [0, 0.05) is 77.5 Å². The largest absolute Gasteiger partial charge is 0.437 e. The molecule has 0 aliphatic rings. The van der Waals surface area contributed by atoms with Crippen LogP contribution in [0, 0.1) is 0 Å². The highest BCUT2D eigenvalue weighted by Crippen LogP contribution is 2.35. The Labute approximate surface area is 229 Å². The van der Waals surface area contributed by atoms with E-state index in [2.05, 4.69) is 86.9 Å². The zero-order valence-electron chi connectivity index (χ0n) is 19.4. The van der Waals surface area contributed by atoms with E-state index in [1.54, 1.807) is 15.1 Å². The number of furan rings is 1. The third-order valence-electron chi connectivity index (χ3n) is 6.61. The van der Waals surface area contributed by atoms with E-state index in [-0.39, 0.29) is 0 Å². The molecule has 0 radical (unpaired) electrons. The third-order valence-corrected chi connectivity index (χ3v) is 8.58. The van der Waals surface area contributed by atoms with E-state index < -0.39 is 0 Å². The van der Waals surface area contributed by atoms with Crippen molar-refractivity contribution in [3.8, 4) is 33.5 Å². The van der Waals surface area contributed by atoms with Gasteiger partial charge in [-0.15, -0.1) is 0 Å². The molecule has 0 unspecified atom stereocenters. The summed E-state index contributed by atoms with van der Waals surface area (Å²) in [6.07, 6.45) is 5.57. The fraction of sp³-hybridized carbons (Fsp3) is 0. The van der Waals surface area contributed by atoms with Crippen LogP contribution in [0.2, 0.25) is 0 Å². The van der Waals surface area contributed by atoms with Gasteiger partial charge in [-0.2, -0.15) is 0 Å². The molecule has 0 spiro atoms. The molecule has 0 bridgehead atoms. The average molecular weight is 607 g/mol. The van der Waals surface area contributed by atoms with Crippen molar-refractivity contribution in [2.24, 2.45) is 0 Å². The van der Waals surface area contributed by atoms with Crippen LogP contribution in [0.25, 0.3) is 66.5 Å². The molecular formula is C31H18IN3OS. The Bertz CT molecular complexity index is 1910. The second-order valence-electron chi connectivity index (χ2n) is 8.81. The van der Waals surface area contributed by atoms with E-state index in [0.29, 0.717) is 5.71 Å². The van der Waals surface area contributed by atoms with Crippen molar-refractivity contribution in [3.05, 3.63) is 110 Å². The van der Waals surface area contributed by atoms with Gasteiger partial charge in [-0.1, -0.05) is 51.4 Å². The monoisotopic (exact) mass is 607 g/mol. The topological polar surface area (TPSA) is 51.8 Å². The molecule has 3 aromatic carbocycles. The molecule has 4 aromatic heterocycles. The zero-order chi connectivity index (χ0) is 24.8. The van der Waals surface area contributed by atoms with Gasteiger partial charge in [-0.05, 0) is 59.7 Å². The van der Waals surface area contributed by atoms with Crippen LogP contribution in [0.15, 0.2) is 119 Å². The molecule has 37 heavy (non-hydrogen) atoms. The predicted octanol–water partition coefficient (Wildman–Crippen LogP) is 9.37. The van der Waals surface area contributed by atoms with Gasteiger partial charge in [0.2, 0.25) is 5.71 Å². The van der Waals surface area contributed by atoms with Gasteiger partial charge < -0.3 is 4.42 Å². The summed E-state index contributed by atoms with van der Waals surface area (Å²) in [5.74, 6) is 0. The molecule has 0 saturated carbocycles. The smallest absolute Gasteiger partial charge is 0.227 e. The summed E-state index contributed by atoms with van der Waals surface area (Å²) in [5.41, 5.74) is 8.65. The normalized spacial score (nSPS) is 11.5. The van der Waals surface area contributed by atoms with Crippen molar-refractivity contribution in [3.63, 3.8) is 0 Å². The summed E-state index contributed by atoms with van der Waals surface area (Å²) in [7, 11) is 1.72. The molecule has 0 saturated heterocycles. The molecule has 4 nitrogen and oxygen atoms in total. The van der Waals surface area contributed by atoms with E-state index in [9.17, 15) is 0 Å². The number of benzene rings is 3. The van der Waals surface area contributed by atoms with E-state index in [0.717, 1.165) is 49.6 Å². The highest BCUT2D eigenvalue weighted by atomic mass is 127. The summed E-state index contributed by atoms with van der Waals surface area (Å²) >= 11 is 2.30. The number of hydrogen-bond acceptors (Lipinski definition) is 5. The fourth-order valence-corrected chi connectivity index (χ4v) is 5.84. The first-order valence-corrected chi connectivity index (χ1v) is 15.1. The summed E-state index contributed by atoms with van der Waals surface area (Å²) in [6, 6.07) is 31.5. The van der Waals surface area contributed by atoms with Crippen LogP contribution in [0.4, 0.5) is 0 Å². The van der Waals surface area contributed by atoms with Crippen LogP contribution in [-0.4, -0.2) is 15.0 Å². The highest BCUT2D eigenvalue weighted by Gasteiger charge is 2.13. The molecule has 0 fully saturated rings. The van der Waals surface area contributed by atoms with Crippen LogP contribution < -0.4 is 0 Å². The van der Waals surface area contributed by atoms with Crippen molar-refractivity contribution in [2.75, 3.05) is 0 Å². The maximum atomic E-state index is 6.09. The second-order valence-corrected chi connectivity index (χ2v) is 10.8. The molecular weight excluding hydrogens is 589 g/mol. The first kappa shape index (κ1) is 22.4. The molecule has 4 heterocycles. The van der Waals surface area contributed by atoms with E-state index in [1.807, 2.05) is 42.7 Å². The minimum atomic E-state index is 0.642. The average Bonchev–Trinajstić information content (AvgIpc) is 3.36. The minimum Gasteiger partial charge on any atom is -0.437 e. The van der Waals surface area contributed by atoms with Crippen LogP contribution in [0.5, 0.6) is 0 Å². The van der Waals surface area contributed by atoms with E-state index in [4.69, 9.17) is 14.4 Å². The van der Waals surface area contributed by atoms with Crippen molar-refractivity contribution >= 4 is 63.1 Å². The second kappa shape index (κ2) is 9.28. The number of hydrogen-bond donors (Lipinski definition) is 0. The molecule has 6 heteroatoms. The Balaban J connectivity index is 1.21. The lowest BCUT2D eigenvalue weighted by atomic mass is 10.0. The molecule has 7 rings (SSSR count). The fourth-order valence-electron chi connectivity index (χ4n) is 4.72. The van der Waals surface area contributed by atoms with E-state index >= 15 is 0 Å². The Morgan fingerprint density at radius 2 is 1.46 bits per heavy atom. The number of fused-ring (bicyclic) bond motifs is 4. The SMILES string of the molecule is ISc1ccc(-c2ccc3cc(-c4ccc(-c5cccc6c5oc5ncccc56)nc4)cnc3c2)cc1. The number of rotatable bonds is 4. The number of pyridine rings is 3. The van der Waals surface area contributed by atoms with Gasteiger partial charge in [-0.3, -0.25) is 9.97 Å². The maximum Gasteiger partial charge on any atom is 0.227 e. The number of para-hydroxylation sites is 1. The highest BCUT2D eigenvalue weighted by molar-refractivity contribution is 14.2. The van der Waals surface area contributed by atoms with Gasteiger partial charge >= 0.3 is 0 Å². The zero-order valence-corrected chi connectivity index (χ0v) is 22.4. The van der Waals surface area contributed by atoms with Gasteiger partial charge in [0.25, 0.3) is 0 Å². The van der Waals surface area contributed by atoms with Crippen molar-refractivity contribution in [1.29, 1.82) is 0 Å². The van der Waals surface area contributed by atoms with Crippen LogP contribution >= 0.6 is 30.1 Å². The summed E-state index contributed by atoms with van der Waals surface area (Å²) < 4.78 is 6.09. The van der Waals surface area contributed by atoms with Crippen LogP contribution in [0.1, 0.15) is 0 Å². The Morgan fingerprint density at radius 3 is 2.30 bits per heavy atom. The Kier molecular flexibility index (Phi) is 5.63. The first-order valence-electron chi connectivity index (χ1n) is 11.8. The van der Waals surface area contributed by atoms with Crippen molar-refractivity contribution in [1.82, 2.24) is 15.0 Å². The van der Waals surface area contributed by atoms with Crippen molar-refractivity contribution < 1.29 is 4.42 Å². The Morgan fingerprint density at radius 1 is 0.649 bits per heavy atom. The summed E-state index contributed by atoms with van der Waals surface area (Å²) in [4.78, 5) is 15.2. The van der Waals surface area contributed by atoms with Crippen LogP contribution in [-0.2, 0) is 0 Å². The molecule has 0 aliphatic carbocycles. The lowest BCUT2D eigenvalue weighted by Crippen LogP contribution is -1.88. The van der Waals surface area contributed by atoms with Gasteiger partial charge in [0.15, 0.2) is 0 Å². The number of nitrogens with zero attached hydrogens (tertiary/aromatic N) is 3. The molecule has 0 aliphatic heterocycles. The van der Waals surface area contributed by atoms with Gasteiger partial charge in [0.1, 0.15) is 5.58 Å². The summed E-state index contributed by atoms with van der Waals surface area (Å²) in [5, 5.41) is 3.16. The molecule has 0 N–H and O–H groups in total. The van der Waals surface area contributed by atoms with Gasteiger partial charge in [0.05, 0.1) is 11.2 Å². The number of aromatic nitrogens is 3. The Hall–Kier alpha value is -3.75. The maximum absolute atomic E-state index is 6.09. The number of halogens is 1.